The quantitative estimate of drug-likeness (QED) is 0.152. The van der Waals surface area contributed by atoms with Crippen molar-refractivity contribution in [2.24, 2.45) is 0 Å². The van der Waals surface area contributed by atoms with Crippen LogP contribution in [-0.4, -0.2) is 0 Å². The number of hydrogen-bond donors (Lipinski definition) is 0. The van der Waals surface area contributed by atoms with E-state index in [1.165, 1.54) is 60.5 Å². The fourth-order valence-electron chi connectivity index (χ4n) is 9.48. The Morgan fingerprint density at radius 1 is 0.250 bits per heavy atom. The van der Waals surface area contributed by atoms with Crippen molar-refractivity contribution in [1.82, 2.24) is 0 Å². The molecule has 0 spiro atoms. The molecule has 0 aliphatic carbocycles. The maximum atomic E-state index is 6.44. The Morgan fingerprint density at radius 3 is 1.25 bits per heavy atom. The van der Waals surface area contributed by atoms with Gasteiger partial charge in [0.1, 0.15) is 11.2 Å². The van der Waals surface area contributed by atoms with E-state index >= 15 is 0 Å². The minimum atomic E-state index is 0.903. The Balaban J connectivity index is 0.889. The number of hydrogen-bond acceptors (Lipinski definition) is 2. The van der Waals surface area contributed by atoms with Gasteiger partial charge in [-0.25, -0.2) is 0 Å². The van der Waals surface area contributed by atoms with Crippen LogP contribution in [0.2, 0.25) is 0 Å². The number of para-hydroxylation sites is 2. The molecule has 0 atom stereocenters. The molecule has 0 aliphatic rings. The molecule has 0 radical (unpaired) electrons. The number of fused-ring (bicyclic) bond motifs is 5. The van der Waals surface area contributed by atoms with Crippen LogP contribution in [0, 0.1) is 0 Å². The molecule has 12 rings (SSSR count). The number of benzene rings is 11. The zero-order valence-corrected chi connectivity index (χ0v) is 35.0. The van der Waals surface area contributed by atoms with Gasteiger partial charge in [0, 0.05) is 33.4 Å². The van der Waals surface area contributed by atoms with Crippen LogP contribution in [0.1, 0.15) is 0 Å². The molecule has 0 N–H and O–H groups in total. The van der Waals surface area contributed by atoms with Crippen LogP contribution in [0.4, 0.5) is 17.1 Å². The van der Waals surface area contributed by atoms with E-state index in [2.05, 4.69) is 241 Å². The van der Waals surface area contributed by atoms with Crippen LogP contribution >= 0.6 is 0 Å². The first-order valence-electron chi connectivity index (χ1n) is 21.9. The lowest BCUT2D eigenvalue weighted by Crippen LogP contribution is -2.10. The molecule has 0 amide bonds. The average Bonchev–Trinajstić information content (AvgIpc) is 3.76. The third-order valence-electron chi connectivity index (χ3n) is 12.7. The summed E-state index contributed by atoms with van der Waals surface area (Å²) in [5.74, 6) is 0. The molecule has 2 heteroatoms. The first-order chi connectivity index (χ1) is 31.7. The normalized spacial score (nSPS) is 11.4. The standard InChI is InChI=1S/C62H41NO/c1-3-17-54-45(11-1)13-8-20-56(54)47-31-29-43(30-32-47)42-25-27-44(28-26-42)50-15-7-16-53(41-50)63(51-37-33-48(34-38-51)57-21-9-14-46-12-2-4-18-55(46)57)52-39-35-49(36-40-52)58-22-10-23-60-59-19-5-6-24-61(59)64-62(58)60/h1-41H. The number of anilines is 3. The fourth-order valence-corrected chi connectivity index (χ4v) is 9.48. The van der Waals surface area contributed by atoms with E-state index in [1.54, 1.807) is 0 Å². The Labute approximate surface area is 372 Å². The highest BCUT2D eigenvalue weighted by Gasteiger charge is 2.17. The highest BCUT2D eigenvalue weighted by Crippen LogP contribution is 2.41. The average molecular weight is 816 g/mol. The summed E-state index contributed by atoms with van der Waals surface area (Å²) in [5.41, 5.74) is 16.8. The minimum Gasteiger partial charge on any atom is -0.455 e. The predicted molar refractivity (Wildman–Crippen MR) is 271 cm³/mol. The van der Waals surface area contributed by atoms with Gasteiger partial charge in [-0.2, -0.15) is 0 Å². The molecule has 1 heterocycles. The molecule has 0 bridgehead atoms. The molecule has 300 valence electrons. The van der Waals surface area contributed by atoms with Crippen LogP contribution in [0.15, 0.2) is 253 Å². The third-order valence-corrected chi connectivity index (χ3v) is 12.7. The lowest BCUT2D eigenvalue weighted by Gasteiger charge is -2.26. The molecule has 0 saturated carbocycles. The molecule has 0 unspecified atom stereocenters. The Kier molecular flexibility index (Phi) is 9.20. The fraction of sp³-hybridized carbons (Fsp3) is 0. The molecule has 0 fully saturated rings. The van der Waals surface area contributed by atoms with Gasteiger partial charge in [0.05, 0.1) is 0 Å². The van der Waals surface area contributed by atoms with Gasteiger partial charge < -0.3 is 9.32 Å². The van der Waals surface area contributed by atoms with Gasteiger partial charge in [-0.05, 0) is 114 Å². The van der Waals surface area contributed by atoms with Crippen molar-refractivity contribution in [3.8, 4) is 55.6 Å². The summed E-state index contributed by atoms with van der Waals surface area (Å²) in [7, 11) is 0. The van der Waals surface area contributed by atoms with Crippen LogP contribution in [0.25, 0.3) is 99.1 Å². The van der Waals surface area contributed by atoms with E-state index in [4.69, 9.17) is 4.42 Å². The van der Waals surface area contributed by atoms with Crippen molar-refractivity contribution in [1.29, 1.82) is 0 Å². The van der Waals surface area contributed by atoms with Crippen molar-refractivity contribution in [2.45, 2.75) is 0 Å². The van der Waals surface area contributed by atoms with Gasteiger partial charge in [-0.3, -0.25) is 0 Å². The summed E-state index contributed by atoms with van der Waals surface area (Å²) < 4.78 is 6.44. The van der Waals surface area contributed by atoms with Crippen LogP contribution in [0.3, 0.4) is 0 Å². The van der Waals surface area contributed by atoms with Gasteiger partial charge in [0.15, 0.2) is 0 Å². The Bertz CT molecular complexity index is 3630. The highest BCUT2D eigenvalue weighted by molar-refractivity contribution is 6.09. The van der Waals surface area contributed by atoms with Crippen LogP contribution in [0.5, 0.6) is 0 Å². The molecule has 12 aromatic rings. The van der Waals surface area contributed by atoms with E-state index in [9.17, 15) is 0 Å². The van der Waals surface area contributed by atoms with E-state index in [0.29, 0.717) is 0 Å². The Hall–Kier alpha value is -8.46. The van der Waals surface area contributed by atoms with Crippen LogP contribution < -0.4 is 4.90 Å². The summed E-state index contributed by atoms with van der Waals surface area (Å²) in [4.78, 5) is 2.35. The number of nitrogens with zero attached hydrogens (tertiary/aromatic N) is 1. The van der Waals surface area contributed by atoms with Crippen molar-refractivity contribution in [2.75, 3.05) is 4.90 Å². The maximum Gasteiger partial charge on any atom is 0.143 e. The second-order valence-electron chi connectivity index (χ2n) is 16.5. The first kappa shape index (κ1) is 37.3. The minimum absolute atomic E-state index is 0.903. The second-order valence-corrected chi connectivity index (χ2v) is 16.5. The van der Waals surface area contributed by atoms with E-state index in [-0.39, 0.29) is 0 Å². The zero-order valence-electron chi connectivity index (χ0n) is 35.0. The topological polar surface area (TPSA) is 16.4 Å². The number of rotatable bonds is 8. The summed E-state index contributed by atoms with van der Waals surface area (Å²) in [6.45, 7) is 0. The molecule has 11 aromatic carbocycles. The zero-order chi connectivity index (χ0) is 42.4. The monoisotopic (exact) mass is 815 g/mol. The lowest BCUT2D eigenvalue weighted by molar-refractivity contribution is 0.670. The van der Waals surface area contributed by atoms with Gasteiger partial charge in [0.25, 0.3) is 0 Å². The molecular formula is C62H41NO. The largest absolute Gasteiger partial charge is 0.455 e. The number of furan rings is 1. The van der Waals surface area contributed by atoms with E-state index in [1.807, 2.05) is 12.1 Å². The maximum absolute atomic E-state index is 6.44. The molecule has 1 aromatic heterocycles. The molecule has 2 nitrogen and oxygen atoms in total. The first-order valence-corrected chi connectivity index (χ1v) is 21.9. The molecule has 0 aliphatic heterocycles. The van der Waals surface area contributed by atoms with Gasteiger partial charge in [-0.1, -0.05) is 206 Å². The molecular weight excluding hydrogens is 775 g/mol. The van der Waals surface area contributed by atoms with Gasteiger partial charge in [-0.15, -0.1) is 0 Å². The highest BCUT2D eigenvalue weighted by atomic mass is 16.3. The smallest absolute Gasteiger partial charge is 0.143 e. The van der Waals surface area contributed by atoms with Crippen molar-refractivity contribution >= 4 is 60.5 Å². The van der Waals surface area contributed by atoms with Crippen molar-refractivity contribution < 1.29 is 4.42 Å². The third kappa shape index (κ3) is 6.70. The van der Waals surface area contributed by atoms with Gasteiger partial charge >= 0.3 is 0 Å². The predicted octanol–water partition coefficient (Wildman–Crippen LogP) is 17.7. The van der Waals surface area contributed by atoms with Crippen LogP contribution in [-0.2, 0) is 0 Å². The molecule has 0 saturated heterocycles. The van der Waals surface area contributed by atoms with Gasteiger partial charge in [0.2, 0.25) is 0 Å². The SMILES string of the molecule is c1cc(-c2ccc(-c3ccc(-c4cccc5ccccc45)cc3)cc2)cc(N(c2ccc(-c3cccc4ccccc34)cc2)c2ccc(-c3cccc4c3oc3ccccc34)cc2)c1. The molecule has 64 heavy (non-hydrogen) atoms. The second kappa shape index (κ2) is 15.8. The van der Waals surface area contributed by atoms with Crippen molar-refractivity contribution in [3.63, 3.8) is 0 Å². The lowest BCUT2D eigenvalue weighted by atomic mass is 9.95. The summed E-state index contributed by atoms with van der Waals surface area (Å²) >= 11 is 0. The summed E-state index contributed by atoms with van der Waals surface area (Å²) in [6.07, 6.45) is 0. The summed E-state index contributed by atoms with van der Waals surface area (Å²) in [5, 5.41) is 7.28. The van der Waals surface area contributed by atoms with Crippen molar-refractivity contribution in [3.05, 3.63) is 249 Å². The Morgan fingerprint density at radius 2 is 0.656 bits per heavy atom. The van der Waals surface area contributed by atoms with E-state index in [0.717, 1.165) is 55.7 Å². The summed E-state index contributed by atoms with van der Waals surface area (Å²) in [6, 6.07) is 89.6. The van der Waals surface area contributed by atoms with E-state index < -0.39 is 0 Å².